The largest absolute Gasteiger partial charge is 0.441 e. The molecule has 16 heteroatoms. The summed E-state index contributed by atoms with van der Waals surface area (Å²) in [5.74, 6) is -0.524. The van der Waals surface area contributed by atoms with Gasteiger partial charge in [-0.25, -0.2) is 10.1 Å². The molecule has 3 amide bonds. The Kier molecular flexibility index (Phi) is 9.03. The first-order valence-electron chi connectivity index (χ1n) is 11.6. The number of aliphatic hydroxyl groups is 3. The van der Waals surface area contributed by atoms with Crippen LogP contribution in [0.25, 0.3) is 0 Å². The number of guanidine groups is 1. The molecule has 0 bridgehead atoms. The van der Waals surface area contributed by atoms with Crippen LogP contribution in [0.2, 0.25) is 0 Å². The number of amides is 3. The Balaban J connectivity index is 1.77. The number of nitrogens with one attached hydrogen (secondary N) is 5. The molecule has 2 fully saturated rings. The van der Waals surface area contributed by atoms with Crippen molar-refractivity contribution in [3.63, 3.8) is 0 Å². The highest BCUT2D eigenvalue weighted by Crippen LogP contribution is 2.23. The number of ether oxygens (including phenoxy) is 2. The molecule has 0 unspecified atom stereocenters. The predicted molar refractivity (Wildman–Crippen MR) is 115 cm³/mol. The molecule has 3 aliphatic heterocycles. The number of aliphatic hydroxyl groups excluding tert-OH is 3. The molecule has 3 rings (SSSR count). The molecule has 2 saturated heterocycles. The number of primary amides is 1. The van der Waals surface area contributed by atoms with Crippen molar-refractivity contribution in [1.82, 2.24) is 21.3 Å². The number of carbonyl (C=O) groups is 3. The Labute approximate surface area is 200 Å². The number of quaternary nitrogens is 2. The Morgan fingerprint density at radius 2 is 2.11 bits per heavy atom. The highest BCUT2D eigenvalue weighted by Gasteiger charge is 2.52. The van der Waals surface area contributed by atoms with Gasteiger partial charge in [-0.15, -0.1) is 0 Å². The first-order valence-corrected chi connectivity index (χ1v) is 11.6. The fourth-order valence-electron chi connectivity index (χ4n) is 4.46. The summed E-state index contributed by atoms with van der Waals surface area (Å²) in [7, 11) is 0. The van der Waals surface area contributed by atoms with Crippen LogP contribution in [-0.4, -0.2) is 114 Å². The van der Waals surface area contributed by atoms with Crippen molar-refractivity contribution < 1.29 is 55.6 Å². The highest BCUT2D eigenvalue weighted by molar-refractivity contribution is 5.87. The minimum Gasteiger partial charge on any atom is -0.441 e. The molecule has 9 atom stereocenters. The summed E-state index contributed by atoms with van der Waals surface area (Å²) in [6.45, 7) is 0.178. The summed E-state index contributed by atoms with van der Waals surface area (Å²) in [5, 5.41) is 42.1. The van der Waals surface area contributed by atoms with Gasteiger partial charge in [0.15, 0.2) is 18.4 Å². The quantitative estimate of drug-likeness (QED) is 0.141. The van der Waals surface area contributed by atoms with E-state index in [9.17, 15) is 29.7 Å². The Morgan fingerprint density at radius 3 is 2.74 bits per heavy atom. The first kappa shape index (κ1) is 26.8. The molecule has 0 aliphatic carbocycles. The highest BCUT2D eigenvalue weighted by atomic mass is 16.6. The summed E-state index contributed by atoms with van der Waals surface area (Å²) < 4.78 is 10.8. The molecular weight excluding hydrogens is 468 g/mol. The molecule has 3 aliphatic rings. The zero-order chi connectivity index (χ0) is 25.7. The van der Waals surface area contributed by atoms with Crippen molar-refractivity contribution in [2.24, 2.45) is 5.73 Å². The standard InChI is InChI=1S/C19H34N8O8/c20-3-1-2-7(21)4-10(30)24-13-14(31)15(35-18(22)33)9(6-28)34-17(13)27-19-25-11-8(29)5-23-16(32)12(11)26-19/h7-9,11-15,17,28-29,31H,1-6,20-21H2,(H2,22,33)(H,23,32)(H,24,30)(H2,25,26,27)/p+3/t7-,8+,9+,11+,12-,13+,14-,15-,17+/m0/s1. The minimum atomic E-state index is -1.50. The third kappa shape index (κ3) is 6.47. The lowest BCUT2D eigenvalue weighted by molar-refractivity contribution is -0.485. The maximum Gasteiger partial charge on any atom is 0.404 e. The van der Waals surface area contributed by atoms with Gasteiger partial charge in [-0.05, 0) is 0 Å². The average molecular weight is 506 g/mol. The molecule has 0 aromatic carbocycles. The number of hydrogen-bond acceptors (Lipinski definition) is 10. The van der Waals surface area contributed by atoms with Crippen molar-refractivity contribution in [3.8, 4) is 0 Å². The van der Waals surface area contributed by atoms with Gasteiger partial charge >= 0.3 is 12.1 Å². The van der Waals surface area contributed by atoms with Crippen molar-refractivity contribution >= 4 is 23.9 Å². The van der Waals surface area contributed by atoms with Crippen molar-refractivity contribution in [3.05, 3.63) is 0 Å². The van der Waals surface area contributed by atoms with E-state index >= 15 is 0 Å². The Bertz CT molecular complexity index is 816. The molecule has 0 aromatic heterocycles. The van der Waals surface area contributed by atoms with E-state index in [0.717, 1.165) is 13.0 Å². The van der Waals surface area contributed by atoms with Crippen molar-refractivity contribution in [2.45, 2.75) is 74.1 Å². The summed E-state index contributed by atoms with van der Waals surface area (Å²) in [5.41, 5.74) is 12.8. The van der Waals surface area contributed by atoms with Crippen LogP contribution in [0.5, 0.6) is 0 Å². The Hall–Kier alpha value is -2.76. The number of piperidine rings is 1. The van der Waals surface area contributed by atoms with Gasteiger partial charge in [0, 0.05) is 19.4 Å². The SMILES string of the molecule is NC(=O)O[C@@H]1[C@@H](O)[C@@H](NC(=O)C[C@@H]([NH3+])CCC[NH3+])[C@H](NC2=[NH+][C@@H]3C(=O)NC[C@@H](O)[C@H]3N2)O[C@@H]1CO. The molecule has 3 heterocycles. The van der Waals surface area contributed by atoms with E-state index in [1.54, 1.807) is 0 Å². The second kappa shape index (κ2) is 11.8. The number of nitrogens with two attached hydrogens (primary N) is 1. The summed E-state index contributed by atoms with van der Waals surface area (Å²) in [6, 6.07) is -2.70. The number of fused-ring (bicyclic) bond motifs is 1. The zero-order valence-electron chi connectivity index (χ0n) is 19.3. The first-order chi connectivity index (χ1) is 16.6. The van der Waals surface area contributed by atoms with E-state index in [1.165, 1.54) is 0 Å². The van der Waals surface area contributed by atoms with Gasteiger partial charge in [0.25, 0.3) is 5.91 Å². The lowest BCUT2D eigenvalue weighted by Gasteiger charge is -2.42. The second-order valence-electron chi connectivity index (χ2n) is 8.95. The van der Waals surface area contributed by atoms with Crippen molar-refractivity contribution in [1.29, 1.82) is 0 Å². The number of hydrogen-bond donors (Lipinski definition) is 11. The lowest BCUT2D eigenvalue weighted by Crippen LogP contribution is -2.86. The zero-order valence-corrected chi connectivity index (χ0v) is 19.3. The fourth-order valence-corrected chi connectivity index (χ4v) is 4.46. The third-order valence-electron chi connectivity index (χ3n) is 6.25. The van der Waals surface area contributed by atoms with Crippen LogP contribution in [-0.2, 0) is 19.1 Å². The third-order valence-corrected chi connectivity index (χ3v) is 6.25. The van der Waals surface area contributed by atoms with E-state index in [0.29, 0.717) is 6.42 Å². The van der Waals surface area contributed by atoms with Gasteiger partial charge in [0.2, 0.25) is 5.91 Å². The van der Waals surface area contributed by atoms with E-state index in [-0.39, 0.29) is 30.9 Å². The molecule has 198 valence electrons. The molecule has 0 aromatic rings. The van der Waals surface area contributed by atoms with Gasteiger partial charge < -0.3 is 52.6 Å². The number of rotatable bonds is 9. The minimum absolute atomic E-state index is 0.0737. The second-order valence-corrected chi connectivity index (χ2v) is 8.95. The van der Waals surface area contributed by atoms with Crippen molar-refractivity contribution in [2.75, 3.05) is 19.7 Å². The molecule has 0 saturated carbocycles. The molecule has 0 radical (unpaired) electrons. The van der Waals surface area contributed by atoms with Crippen LogP contribution in [0.4, 0.5) is 4.79 Å². The summed E-state index contributed by atoms with van der Waals surface area (Å²) in [6.07, 6.45) is -5.62. The average Bonchev–Trinajstić information content (AvgIpc) is 3.24. The van der Waals surface area contributed by atoms with E-state index < -0.39 is 67.4 Å². The predicted octanol–water partition coefficient (Wildman–Crippen LogP) is -9.11. The van der Waals surface area contributed by atoms with Crippen LogP contribution >= 0.6 is 0 Å². The number of β-amino-alcohol motifs (C(OH)–C–C–N with tert-alkyl or cyclic N) is 1. The van der Waals surface area contributed by atoms with E-state index in [1.807, 2.05) is 0 Å². The molecular formula is C19H37N8O8+3. The van der Waals surface area contributed by atoms with Gasteiger partial charge in [0.05, 0.1) is 25.6 Å². The van der Waals surface area contributed by atoms with Crippen LogP contribution in [0.1, 0.15) is 19.3 Å². The topological polar surface area (TPSA) is 274 Å². The van der Waals surface area contributed by atoms with Crippen LogP contribution in [0.15, 0.2) is 0 Å². The van der Waals surface area contributed by atoms with Crippen LogP contribution in [0, 0.1) is 0 Å². The maximum absolute atomic E-state index is 12.7. The molecule has 16 nitrogen and oxygen atoms in total. The Morgan fingerprint density at radius 1 is 1.37 bits per heavy atom. The van der Waals surface area contributed by atoms with Gasteiger partial charge in [-0.1, -0.05) is 0 Å². The van der Waals surface area contributed by atoms with E-state index in [2.05, 4.69) is 37.7 Å². The molecule has 35 heavy (non-hydrogen) atoms. The monoisotopic (exact) mass is 505 g/mol. The maximum atomic E-state index is 12.7. The fraction of sp³-hybridized carbons (Fsp3) is 0.789. The van der Waals surface area contributed by atoms with Crippen LogP contribution in [0.3, 0.4) is 0 Å². The van der Waals surface area contributed by atoms with Gasteiger partial charge in [-0.3, -0.25) is 19.9 Å². The van der Waals surface area contributed by atoms with Gasteiger partial charge in [0.1, 0.15) is 30.4 Å². The lowest BCUT2D eigenvalue weighted by atomic mass is 9.95. The molecule has 0 spiro atoms. The van der Waals surface area contributed by atoms with Gasteiger partial charge in [-0.2, -0.15) is 0 Å². The van der Waals surface area contributed by atoms with Crippen LogP contribution < -0.4 is 43.5 Å². The van der Waals surface area contributed by atoms with E-state index in [4.69, 9.17) is 15.2 Å². The summed E-state index contributed by atoms with van der Waals surface area (Å²) in [4.78, 5) is 39.1. The molecule has 16 N–H and O–H groups in total. The summed E-state index contributed by atoms with van der Waals surface area (Å²) >= 11 is 0. The number of carbonyl (C=O) groups excluding carboxylic acids is 3. The normalized spacial score (nSPS) is 35.1. The smallest absolute Gasteiger partial charge is 0.404 e.